The molecule has 0 bridgehead atoms. The van der Waals surface area contributed by atoms with E-state index in [1.165, 1.54) is 6.33 Å². The molecule has 0 unspecified atom stereocenters. The van der Waals surface area contributed by atoms with E-state index < -0.39 is 0 Å². The van der Waals surface area contributed by atoms with Crippen LogP contribution < -0.4 is 10.6 Å². The van der Waals surface area contributed by atoms with Gasteiger partial charge in [-0.2, -0.15) is 0 Å². The molecule has 0 saturated heterocycles. The number of hydrogen-bond donors (Lipinski definition) is 2. The molecule has 2 N–H and O–H groups in total. The van der Waals surface area contributed by atoms with Crippen molar-refractivity contribution in [2.75, 3.05) is 10.6 Å². The lowest BCUT2D eigenvalue weighted by Gasteiger charge is -2.07. The highest BCUT2D eigenvalue weighted by molar-refractivity contribution is 5.91. The summed E-state index contributed by atoms with van der Waals surface area (Å²) in [5.41, 5.74) is 2.53. The second-order valence-electron chi connectivity index (χ2n) is 5.07. The second kappa shape index (κ2) is 7.77. The van der Waals surface area contributed by atoms with Crippen LogP contribution in [0, 0.1) is 0 Å². The number of nitrogens with zero attached hydrogens (tertiary/aromatic N) is 4. The van der Waals surface area contributed by atoms with Gasteiger partial charge in [-0.15, -0.1) is 0 Å². The van der Waals surface area contributed by atoms with Crippen molar-refractivity contribution in [1.29, 1.82) is 0 Å². The number of benzene rings is 1. The van der Waals surface area contributed by atoms with E-state index in [0.29, 0.717) is 18.8 Å². The Kier molecular flexibility index (Phi) is 5.03. The molecular formula is C17H16N6O. The first-order chi connectivity index (χ1) is 11.8. The molecule has 0 atom stereocenters. The van der Waals surface area contributed by atoms with Gasteiger partial charge in [0.2, 0.25) is 11.9 Å². The zero-order valence-corrected chi connectivity index (χ0v) is 12.9. The molecule has 120 valence electrons. The zero-order valence-electron chi connectivity index (χ0n) is 12.9. The topological polar surface area (TPSA) is 92.7 Å². The standard InChI is InChI=1S/C17H16N6O/c24-16(7-2-13-10-18-12-19-11-13)22-14-3-5-15(6-4-14)23-17-20-8-1-9-21-17/h1,3-6,8-12H,2,7H2,(H,22,24)(H,20,21,23). The molecule has 3 rings (SSSR count). The Morgan fingerprint density at radius 2 is 1.62 bits per heavy atom. The van der Waals surface area contributed by atoms with Crippen LogP contribution in [0.4, 0.5) is 17.3 Å². The first-order valence-corrected chi connectivity index (χ1v) is 7.47. The molecule has 1 amide bonds. The van der Waals surface area contributed by atoms with E-state index in [2.05, 4.69) is 30.6 Å². The molecule has 1 aromatic carbocycles. The van der Waals surface area contributed by atoms with E-state index in [1.54, 1.807) is 30.9 Å². The Balaban J connectivity index is 1.51. The maximum atomic E-state index is 12.0. The second-order valence-corrected chi connectivity index (χ2v) is 5.07. The van der Waals surface area contributed by atoms with Crippen LogP contribution >= 0.6 is 0 Å². The maximum Gasteiger partial charge on any atom is 0.227 e. The Morgan fingerprint density at radius 3 is 2.33 bits per heavy atom. The minimum Gasteiger partial charge on any atom is -0.326 e. The number of aryl methyl sites for hydroxylation is 1. The lowest BCUT2D eigenvalue weighted by atomic mass is 10.2. The van der Waals surface area contributed by atoms with Crippen molar-refractivity contribution in [1.82, 2.24) is 19.9 Å². The average molecular weight is 320 g/mol. The quantitative estimate of drug-likeness (QED) is 0.725. The smallest absolute Gasteiger partial charge is 0.227 e. The van der Waals surface area contributed by atoms with Crippen LogP contribution in [0.25, 0.3) is 0 Å². The average Bonchev–Trinajstić information content (AvgIpc) is 2.63. The molecule has 0 fully saturated rings. The van der Waals surface area contributed by atoms with Crippen LogP contribution in [0.1, 0.15) is 12.0 Å². The van der Waals surface area contributed by atoms with Gasteiger partial charge in [-0.1, -0.05) is 0 Å². The summed E-state index contributed by atoms with van der Waals surface area (Å²) in [6, 6.07) is 9.13. The zero-order chi connectivity index (χ0) is 16.6. The highest BCUT2D eigenvalue weighted by Gasteiger charge is 2.04. The number of rotatable bonds is 6. The van der Waals surface area contributed by atoms with E-state index in [9.17, 15) is 4.79 Å². The SMILES string of the molecule is O=C(CCc1cncnc1)Nc1ccc(Nc2ncccn2)cc1. The molecule has 0 saturated carbocycles. The highest BCUT2D eigenvalue weighted by atomic mass is 16.1. The van der Waals surface area contributed by atoms with Crippen molar-refractivity contribution in [3.8, 4) is 0 Å². The third-order valence-corrected chi connectivity index (χ3v) is 3.25. The van der Waals surface area contributed by atoms with Gasteiger partial charge in [-0.05, 0) is 42.3 Å². The van der Waals surface area contributed by atoms with E-state index >= 15 is 0 Å². The number of amides is 1. The summed E-state index contributed by atoms with van der Waals surface area (Å²) >= 11 is 0. The molecule has 0 aliphatic carbocycles. The van der Waals surface area contributed by atoms with E-state index in [-0.39, 0.29) is 5.91 Å². The van der Waals surface area contributed by atoms with Crippen molar-refractivity contribution >= 4 is 23.2 Å². The van der Waals surface area contributed by atoms with E-state index in [1.807, 2.05) is 24.3 Å². The van der Waals surface area contributed by atoms with Gasteiger partial charge in [-0.25, -0.2) is 19.9 Å². The molecule has 2 aromatic heterocycles. The lowest BCUT2D eigenvalue weighted by Crippen LogP contribution is -2.12. The lowest BCUT2D eigenvalue weighted by molar-refractivity contribution is -0.116. The van der Waals surface area contributed by atoms with Crippen LogP contribution in [0.15, 0.2) is 61.4 Å². The van der Waals surface area contributed by atoms with Crippen molar-refractivity contribution in [2.45, 2.75) is 12.8 Å². The van der Waals surface area contributed by atoms with E-state index in [4.69, 9.17) is 0 Å². The molecular weight excluding hydrogens is 304 g/mol. The summed E-state index contributed by atoms with van der Waals surface area (Å²) in [5.74, 6) is 0.477. The van der Waals surface area contributed by atoms with Crippen LogP contribution in [0.3, 0.4) is 0 Å². The Labute approximate surface area is 139 Å². The van der Waals surface area contributed by atoms with Gasteiger partial charge in [0, 0.05) is 42.6 Å². The van der Waals surface area contributed by atoms with Crippen molar-refractivity contribution in [3.63, 3.8) is 0 Å². The van der Waals surface area contributed by atoms with Crippen molar-refractivity contribution in [3.05, 3.63) is 67.0 Å². The van der Waals surface area contributed by atoms with Gasteiger partial charge in [0.15, 0.2) is 0 Å². The van der Waals surface area contributed by atoms with Gasteiger partial charge >= 0.3 is 0 Å². The normalized spacial score (nSPS) is 10.2. The Morgan fingerprint density at radius 1 is 0.958 bits per heavy atom. The van der Waals surface area contributed by atoms with Crippen LogP contribution in [0.2, 0.25) is 0 Å². The molecule has 0 spiro atoms. The number of hydrogen-bond acceptors (Lipinski definition) is 6. The Hall–Kier alpha value is -3.35. The number of nitrogens with one attached hydrogen (secondary N) is 2. The minimum atomic E-state index is -0.0500. The van der Waals surface area contributed by atoms with Gasteiger partial charge in [0.1, 0.15) is 6.33 Å². The monoisotopic (exact) mass is 320 g/mol. The summed E-state index contributed by atoms with van der Waals surface area (Å²) in [4.78, 5) is 28.0. The predicted octanol–water partition coefficient (Wildman–Crippen LogP) is 2.58. The first-order valence-electron chi connectivity index (χ1n) is 7.47. The van der Waals surface area contributed by atoms with Gasteiger partial charge < -0.3 is 10.6 Å². The fraction of sp³-hybridized carbons (Fsp3) is 0.118. The molecule has 2 heterocycles. The summed E-state index contributed by atoms with van der Waals surface area (Å²) < 4.78 is 0. The number of aromatic nitrogens is 4. The third-order valence-electron chi connectivity index (χ3n) is 3.25. The molecule has 0 aliphatic rings. The Bertz CT molecular complexity index is 777. The summed E-state index contributed by atoms with van der Waals surface area (Å²) in [7, 11) is 0. The maximum absolute atomic E-state index is 12.0. The molecule has 0 radical (unpaired) electrons. The summed E-state index contributed by atoms with van der Waals surface area (Å²) in [5, 5.41) is 5.95. The van der Waals surface area contributed by atoms with E-state index in [0.717, 1.165) is 16.9 Å². The van der Waals surface area contributed by atoms with Gasteiger partial charge in [-0.3, -0.25) is 4.79 Å². The van der Waals surface area contributed by atoms with Crippen molar-refractivity contribution in [2.24, 2.45) is 0 Å². The van der Waals surface area contributed by atoms with Crippen molar-refractivity contribution < 1.29 is 4.79 Å². The van der Waals surface area contributed by atoms with Gasteiger partial charge in [0.05, 0.1) is 0 Å². The van der Waals surface area contributed by atoms with Gasteiger partial charge in [0.25, 0.3) is 0 Å². The number of carbonyl (C=O) groups excluding carboxylic acids is 1. The molecule has 24 heavy (non-hydrogen) atoms. The fourth-order valence-corrected chi connectivity index (χ4v) is 2.07. The molecule has 7 heteroatoms. The minimum absolute atomic E-state index is 0.0500. The summed E-state index contributed by atoms with van der Waals surface area (Å²) in [6.45, 7) is 0. The number of anilines is 3. The number of carbonyl (C=O) groups is 1. The molecule has 0 aliphatic heterocycles. The third kappa shape index (κ3) is 4.57. The summed E-state index contributed by atoms with van der Waals surface area (Å²) in [6.07, 6.45) is 9.23. The highest BCUT2D eigenvalue weighted by Crippen LogP contribution is 2.16. The molecule has 3 aromatic rings. The predicted molar refractivity (Wildman–Crippen MR) is 90.7 cm³/mol. The van der Waals surface area contributed by atoms with Crippen LogP contribution in [-0.4, -0.2) is 25.8 Å². The van der Waals surface area contributed by atoms with Crippen LogP contribution in [0.5, 0.6) is 0 Å². The first kappa shape index (κ1) is 15.5. The fourth-order valence-electron chi connectivity index (χ4n) is 2.07. The largest absolute Gasteiger partial charge is 0.326 e. The molecule has 7 nitrogen and oxygen atoms in total. The van der Waals surface area contributed by atoms with Crippen LogP contribution in [-0.2, 0) is 11.2 Å².